The molecule has 5 heteroatoms. The number of anilines is 1. The van der Waals surface area contributed by atoms with Gasteiger partial charge in [0.15, 0.2) is 6.10 Å². The molecule has 3 aromatic rings. The highest BCUT2D eigenvalue weighted by atomic mass is 16.5. The minimum atomic E-state index is -0.676. The molecule has 0 spiro atoms. The van der Waals surface area contributed by atoms with Gasteiger partial charge in [0.25, 0.3) is 5.91 Å². The maximum atomic E-state index is 12.4. The second-order valence-corrected chi connectivity index (χ2v) is 5.26. The summed E-state index contributed by atoms with van der Waals surface area (Å²) < 4.78 is 5.62. The van der Waals surface area contributed by atoms with Gasteiger partial charge in [0.2, 0.25) is 0 Å². The SMILES string of the molecule is CC(Oc1ccc(C#N)cc1)C(=O)Nc1cccc2ncccc12. The Morgan fingerprint density at radius 2 is 1.96 bits per heavy atom. The van der Waals surface area contributed by atoms with Gasteiger partial charge in [-0.05, 0) is 55.5 Å². The van der Waals surface area contributed by atoms with Crippen LogP contribution in [0.15, 0.2) is 60.8 Å². The number of benzene rings is 2. The molecular weight excluding hydrogens is 302 g/mol. The third-order valence-corrected chi connectivity index (χ3v) is 3.57. The summed E-state index contributed by atoms with van der Waals surface area (Å²) in [6.07, 6.45) is 1.04. The first kappa shape index (κ1) is 15.5. The second-order valence-electron chi connectivity index (χ2n) is 5.26. The van der Waals surface area contributed by atoms with Crippen LogP contribution in [0.1, 0.15) is 12.5 Å². The predicted octanol–water partition coefficient (Wildman–Crippen LogP) is 3.51. The molecule has 0 saturated heterocycles. The average molecular weight is 317 g/mol. The highest BCUT2D eigenvalue weighted by molar-refractivity contribution is 6.02. The van der Waals surface area contributed by atoms with Crippen LogP contribution in [0.2, 0.25) is 0 Å². The molecule has 2 aromatic carbocycles. The first-order valence-corrected chi connectivity index (χ1v) is 7.49. The highest BCUT2D eigenvalue weighted by Crippen LogP contribution is 2.22. The highest BCUT2D eigenvalue weighted by Gasteiger charge is 2.16. The summed E-state index contributed by atoms with van der Waals surface area (Å²) in [6, 6.07) is 18.0. The van der Waals surface area contributed by atoms with Gasteiger partial charge in [-0.1, -0.05) is 6.07 Å². The van der Waals surface area contributed by atoms with Gasteiger partial charge in [-0.15, -0.1) is 0 Å². The van der Waals surface area contributed by atoms with Crippen LogP contribution in [0, 0.1) is 11.3 Å². The number of nitriles is 1. The normalized spacial score (nSPS) is 11.5. The molecule has 1 amide bonds. The zero-order chi connectivity index (χ0) is 16.9. The monoisotopic (exact) mass is 317 g/mol. The zero-order valence-electron chi connectivity index (χ0n) is 13.1. The molecule has 118 valence electrons. The predicted molar refractivity (Wildman–Crippen MR) is 91.6 cm³/mol. The fraction of sp³-hybridized carbons (Fsp3) is 0.105. The molecule has 5 nitrogen and oxygen atoms in total. The van der Waals surface area contributed by atoms with Gasteiger partial charge in [0.1, 0.15) is 5.75 Å². The Kier molecular flexibility index (Phi) is 4.39. The summed E-state index contributed by atoms with van der Waals surface area (Å²) in [4.78, 5) is 16.6. The van der Waals surface area contributed by atoms with Gasteiger partial charge in [-0.3, -0.25) is 9.78 Å². The van der Waals surface area contributed by atoms with Crippen LogP contribution in [0.25, 0.3) is 10.9 Å². The summed E-state index contributed by atoms with van der Waals surface area (Å²) >= 11 is 0. The number of fused-ring (bicyclic) bond motifs is 1. The third kappa shape index (κ3) is 3.33. The molecule has 0 aliphatic carbocycles. The van der Waals surface area contributed by atoms with E-state index in [1.807, 2.05) is 36.4 Å². The van der Waals surface area contributed by atoms with E-state index < -0.39 is 6.10 Å². The number of nitrogens with one attached hydrogen (secondary N) is 1. The summed E-state index contributed by atoms with van der Waals surface area (Å²) in [5, 5.41) is 12.5. The minimum Gasteiger partial charge on any atom is -0.481 e. The van der Waals surface area contributed by atoms with Crippen molar-refractivity contribution in [3.8, 4) is 11.8 Å². The fourth-order valence-electron chi connectivity index (χ4n) is 2.31. The van der Waals surface area contributed by atoms with Gasteiger partial charge in [0.05, 0.1) is 22.8 Å². The molecule has 1 aromatic heterocycles. The van der Waals surface area contributed by atoms with Gasteiger partial charge in [-0.25, -0.2) is 0 Å². The lowest BCUT2D eigenvalue weighted by Crippen LogP contribution is -2.30. The number of amides is 1. The Morgan fingerprint density at radius 1 is 1.17 bits per heavy atom. The van der Waals surface area contributed by atoms with E-state index in [-0.39, 0.29) is 5.91 Å². The van der Waals surface area contributed by atoms with Crippen molar-refractivity contribution in [2.75, 3.05) is 5.32 Å². The molecule has 3 rings (SSSR count). The topological polar surface area (TPSA) is 75.0 Å². The second kappa shape index (κ2) is 6.80. The van der Waals surface area contributed by atoms with E-state index in [1.54, 1.807) is 37.4 Å². The Hall–Kier alpha value is -3.39. The first-order valence-electron chi connectivity index (χ1n) is 7.49. The number of hydrogen-bond acceptors (Lipinski definition) is 4. The fourth-order valence-corrected chi connectivity index (χ4v) is 2.31. The number of nitrogens with zero attached hydrogens (tertiary/aromatic N) is 2. The molecule has 1 atom stereocenters. The van der Waals surface area contributed by atoms with Crippen LogP contribution in [-0.2, 0) is 4.79 Å². The van der Waals surface area contributed by atoms with Crippen LogP contribution in [0.4, 0.5) is 5.69 Å². The molecule has 1 unspecified atom stereocenters. The smallest absolute Gasteiger partial charge is 0.265 e. The Labute approximate surface area is 139 Å². The van der Waals surface area contributed by atoms with Crippen molar-refractivity contribution < 1.29 is 9.53 Å². The lowest BCUT2D eigenvalue weighted by Gasteiger charge is -2.15. The van der Waals surface area contributed by atoms with Crippen molar-refractivity contribution in [3.05, 3.63) is 66.4 Å². The number of pyridine rings is 1. The minimum absolute atomic E-state index is 0.254. The Bertz CT molecular complexity index is 909. The number of carbonyl (C=O) groups is 1. The lowest BCUT2D eigenvalue weighted by molar-refractivity contribution is -0.122. The van der Waals surface area contributed by atoms with E-state index in [4.69, 9.17) is 10.00 Å². The molecule has 24 heavy (non-hydrogen) atoms. The molecule has 0 radical (unpaired) electrons. The van der Waals surface area contributed by atoms with Gasteiger partial charge in [0, 0.05) is 11.6 Å². The maximum Gasteiger partial charge on any atom is 0.265 e. The number of hydrogen-bond donors (Lipinski definition) is 1. The van der Waals surface area contributed by atoms with Crippen LogP contribution >= 0.6 is 0 Å². The van der Waals surface area contributed by atoms with E-state index in [1.165, 1.54) is 0 Å². The standard InChI is InChI=1S/C19H15N3O2/c1-13(24-15-9-7-14(12-20)8-10-15)19(23)22-18-6-2-5-17-16(18)4-3-11-21-17/h2-11,13H,1H3,(H,22,23). The summed E-state index contributed by atoms with van der Waals surface area (Å²) in [5.41, 5.74) is 2.06. The van der Waals surface area contributed by atoms with E-state index >= 15 is 0 Å². The summed E-state index contributed by atoms with van der Waals surface area (Å²) in [5.74, 6) is 0.284. The van der Waals surface area contributed by atoms with Crippen molar-refractivity contribution in [3.63, 3.8) is 0 Å². The quantitative estimate of drug-likeness (QED) is 0.799. The van der Waals surface area contributed by atoms with Crippen molar-refractivity contribution >= 4 is 22.5 Å². The van der Waals surface area contributed by atoms with E-state index in [9.17, 15) is 4.79 Å². The van der Waals surface area contributed by atoms with E-state index in [0.717, 1.165) is 10.9 Å². The molecular formula is C19H15N3O2. The Balaban J connectivity index is 1.72. The van der Waals surface area contributed by atoms with Crippen molar-refractivity contribution in [2.24, 2.45) is 0 Å². The largest absolute Gasteiger partial charge is 0.481 e. The van der Waals surface area contributed by atoms with Crippen molar-refractivity contribution in [1.82, 2.24) is 4.98 Å². The maximum absolute atomic E-state index is 12.4. The van der Waals surface area contributed by atoms with Crippen molar-refractivity contribution in [1.29, 1.82) is 5.26 Å². The number of carbonyl (C=O) groups excluding carboxylic acids is 1. The van der Waals surface area contributed by atoms with Gasteiger partial charge < -0.3 is 10.1 Å². The van der Waals surface area contributed by atoms with E-state index in [0.29, 0.717) is 17.0 Å². The molecule has 0 saturated carbocycles. The zero-order valence-corrected chi connectivity index (χ0v) is 13.1. The van der Waals surface area contributed by atoms with Crippen LogP contribution in [0.3, 0.4) is 0 Å². The number of aromatic nitrogens is 1. The molecule has 1 N–H and O–H groups in total. The van der Waals surface area contributed by atoms with Gasteiger partial charge in [-0.2, -0.15) is 5.26 Å². The van der Waals surface area contributed by atoms with Gasteiger partial charge >= 0.3 is 0 Å². The van der Waals surface area contributed by atoms with Crippen LogP contribution in [-0.4, -0.2) is 17.0 Å². The van der Waals surface area contributed by atoms with Crippen LogP contribution < -0.4 is 10.1 Å². The van der Waals surface area contributed by atoms with Crippen LogP contribution in [0.5, 0.6) is 5.75 Å². The third-order valence-electron chi connectivity index (χ3n) is 3.57. The lowest BCUT2D eigenvalue weighted by atomic mass is 10.2. The van der Waals surface area contributed by atoms with E-state index in [2.05, 4.69) is 10.3 Å². The summed E-state index contributed by atoms with van der Waals surface area (Å²) in [7, 11) is 0. The summed E-state index contributed by atoms with van der Waals surface area (Å²) in [6.45, 7) is 1.68. The molecule has 0 aliphatic rings. The molecule has 0 bridgehead atoms. The van der Waals surface area contributed by atoms with Crippen molar-refractivity contribution in [2.45, 2.75) is 13.0 Å². The molecule has 1 heterocycles. The number of rotatable bonds is 4. The molecule has 0 aliphatic heterocycles. The number of ether oxygens (including phenoxy) is 1. The Morgan fingerprint density at radius 3 is 2.71 bits per heavy atom. The average Bonchev–Trinajstić information content (AvgIpc) is 2.62. The molecule has 0 fully saturated rings. The first-order chi connectivity index (χ1) is 11.7.